The highest BCUT2D eigenvalue weighted by Gasteiger charge is 2.61. The Morgan fingerprint density at radius 1 is 1.26 bits per heavy atom. The van der Waals surface area contributed by atoms with Crippen molar-refractivity contribution in [3.05, 3.63) is 35.6 Å². The molecule has 1 amide bonds. The normalized spacial score (nSPS) is 31.7. The molecule has 2 aliphatic rings. The second-order valence-electron chi connectivity index (χ2n) is 8.19. The largest absolute Gasteiger partial charge is 0.451 e. The van der Waals surface area contributed by atoms with Crippen molar-refractivity contribution in [2.24, 2.45) is 16.7 Å². The molecular weight excluding hydrogens is 286 g/mol. The molecule has 2 bridgehead atoms. The fourth-order valence-electron chi connectivity index (χ4n) is 5.04. The molecule has 1 N–H and O–H groups in total. The van der Waals surface area contributed by atoms with E-state index in [9.17, 15) is 4.79 Å². The average Bonchev–Trinajstić information content (AvgIpc) is 3.03. The molecule has 0 saturated heterocycles. The lowest BCUT2D eigenvalue weighted by Gasteiger charge is -2.39. The Kier molecular flexibility index (Phi) is 2.97. The lowest BCUT2D eigenvalue weighted by atomic mass is 9.69. The van der Waals surface area contributed by atoms with Crippen molar-refractivity contribution in [2.75, 3.05) is 0 Å². The minimum absolute atomic E-state index is 0.0618. The van der Waals surface area contributed by atoms with E-state index in [1.165, 1.54) is 12.8 Å². The Labute approximate surface area is 137 Å². The monoisotopic (exact) mass is 311 g/mol. The van der Waals surface area contributed by atoms with E-state index < -0.39 is 0 Å². The van der Waals surface area contributed by atoms with Crippen LogP contribution in [0, 0.1) is 23.7 Å². The van der Waals surface area contributed by atoms with E-state index >= 15 is 0 Å². The Balaban J connectivity index is 1.62. The summed E-state index contributed by atoms with van der Waals surface area (Å²) in [7, 11) is 0. The van der Waals surface area contributed by atoms with Crippen molar-refractivity contribution in [1.29, 1.82) is 0 Å². The zero-order valence-corrected chi connectivity index (χ0v) is 14.4. The van der Waals surface area contributed by atoms with Crippen molar-refractivity contribution in [2.45, 2.75) is 53.0 Å². The van der Waals surface area contributed by atoms with E-state index in [-0.39, 0.29) is 17.4 Å². The molecule has 2 aliphatic carbocycles. The highest BCUT2D eigenvalue weighted by Crippen LogP contribution is 2.65. The molecule has 3 atom stereocenters. The smallest absolute Gasteiger partial charge is 0.287 e. The van der Waals surface area contributed by atoms with Crippen LogP contribution in [0.5, 0.6) is 0 Å². The maximum absolute atomic E-state index is 12.8. The summed E-state index contributed by atoms with van der Waals surface area (Å²) < 4.78 is 5.82. The average molecular weight is 311 g/mol. The second kappa shape index (κ2) is 4.62. The summed E-state index contributed by atoms with van der Waals surface area (Å²) in [5.74, 6) is 1.12. The number of furan rings is 1. The fourth-order valence-corrected chi connectivity index (χ4v) is 5.04. The van der Waals surface area contributed by atoms with Crippen LogP contribution in [-0.4, -0.2) is 11.9 Å². The van der Waals surface area contributed by atoms with Crippen molar-refractivity contribution >= 4 is 16.9 Å². The van der Waals surface area contributed by atoms with Crippen LogP contribution in [0.25, 0.3) is 11.0 Å². The van der Waals surface area contributed by atoms with Crippen LogP contribution in [0.4, 0.5) is 0 Å². The highest BCUT2D eigenvalue weighted by molar-refractivity contribution is 5.99. The molecule has 2 saturated carbocycles. The van der Waals surface area contributed by atoms with Gasteiger partial charge in [0.2, 0.25) is 0 Å². The summed E-state index contributed by atoms with van der Waals surface area (Å²) in [5.41, 5.74) is 2.21. The quantitative estimate of drug-likeness (QED) is 0.874. The third-order valence-electron chi connectivity index (χ3n) is 7.15. The van der Waals surface area contributed by atoms with Gasteiger partial charge in [0.05, 0.1) is 0 Å². The highest BCUT2D eigenvalue weighted by atomic mass is 16.3. The van der Waals surface area contributed by atoms with Gasteiger partial charge in [-0.1, -0.05) is 39.0 Å². The number of hydrogen-bond donors (Lipinski definition) is 1. The van der Waals surface area contributed by atoms with Gasteiger partial charge < -0.3 is 9.73 Å². The van der Waals surface area contributed by atoms with Gasteiger partial charge in [0.15, 0.2) is 5.76 Å². The molecule has 4 rings (SSSR count). The third kappa shape index (κ3) is 1.85. The lowest BCUT2D eigenvalue weighted by Crippen LogP contribution is -2.46. The second-order valence-corrected chi connectivity index (χ2v) is 8.19. The Bertz CT molecular complexity index is 788. The molecule has 0 radical (unpaired) electrons. The van der Waals surface area contributed by atoms with Crippen LogP contribution in [0.3, 0.4) is 0 Å². The minimum Gasteiger partial charge on any atom is -0.451 e. The first-order chi connectivity index (χ1) is 10.8. The van der Waals surface area contributed by atoms with Crippen molar-refractivity contribution in [1.82, 2.24) is 5.32 Å². The predicted molar refractivity (Wildman–Crippen MR) is 91.4 cm³/mol. The summed E-state index contributed by atoms with van der Waals surface area (Å²) in [6.45, 7) is 9.04. The Morgan fingerprint density at radius 2 is 2.00 bits per heavy atom. The van der Waals surface area contributed by atoms with E-state index in [1.807, 2.05) is 31.2 Å². The SMILES string of the molecule is Cc1c(C(=O)N[C@@H]2C[C@H]3CC[C@@]2(C)C3(C)C)oc2ccccc12. The number of aryl methyl sites for hydroxylation is 1. The van der Waals surface area contributed by atoms with Gasteiger partial charge in [-0.05, 0) is 49.0 Å². The Hall–Kier alpha value is -1.77. The molecule has 122 valence electrons. The van der Waals surface area contributed by atoms with Gasteiger partial charge in [-0.25, -0.2) is 0 Å². The molecule has 0 spiro atoms. The van der Waals surface area contributed by atoms with Gasteiger partial charge in [0.1, 0.15) is 5.58 Å². The van der Waals surface area contributed by atoms with Crippen LogP contribution in [0.1, 0.15) is 56.2 Å². The fraction of sp³-hybridized carbons (Fsp3) is 0.550. The third-order valence-corrected chi connectivity index (χ3v) is 7.15. The van der Waals surface area contributed by atoms with Gasteiger partial charge in [-0.15, -0.1) is 0 Å². The molecule has 1 aromatic heterocycles. The first-order valence-electron chi connectivity index (χ1n) is 8.63. The maximum Gasteiger partial charge on any atom is 0.287 e. The number of benzene rings is 1. The van der Waals surface area contributed by atoms with Crippen molar-refractivity contribution in [3.63, 3.8) is 0 Å². The van der Waals surface area contributed by atoms with Gasteiger partial charge in [0.25, 0.3) is 5.91 Å². The van der Waals surface area contributed by atoms with E-state index in [4.69, 9.17) is 4.42 Å². The first kappa shape index (κ1) is 14.8. The predicted octanol–water partition coefficient (Wildman–Crippen LogP) is 4.69. The number of carbonyl (C=O) groups is 1. The lowest BCUT2D eigenvalue weighted by molar-refractivity contribution is 0.0802. The summed E-state index contributed by atoms with van der Waals surface area (Å²) in [4.78, 5) is 12.8. The summed E-state index contributed by atoms with van der Waals surface area (Å²) in [6.07, 6.45) is 3.59. The zero-order chi connectivity index (χ0) is 16.4. The molecule has 3 nitrogen and oxygen atoms in total. The van der Waals surface area contributed by atoms with Crippen molar-refractivity contribution < 1.29 is 9.21 Å². The number of carbonyl (C=O) groups excluding carboxylic acids is 1. The summed E-state index contributed by atoms with van der Waals surface area (Å²) in [5, 5.41) is 4.32. The standard InChI is InChI=1S/C20H25NO2/c1-12-14-7-5-6-8-15(14)23-17(12)18(22)21-16-11-13-9-10-20(16,4)19(13,2)3/h5-8,13,16H,9-11H2,1-4H3,(H,21,22)/t13-,16-,20-/m1/s1. The molecule has 3 heteroatoms. The van der Waals surface area contributed by atoms with Crippen LogP contribution < -0.4 is 5.32 Å². The van der Waals surface area contributed by atoms with Gasteiger partial charge in [-0.3, -0.25) is 4.79 Å². The molecule has 1 heterocycles. The van der Waals surface area contributed by atoms with Gasteiger partial charge in [-0.2, -0.15) is 0 Å². The summed E-state index contributed by atoms with van der Waals surface area (Å²) >= 11 is 0. The van der Waals surface area contributed by atoms with Crippen LogP contribution in [-0.2, 0) is 0 Å². The topological polar surface area (TPSA) is 42.2 Å². The van der Waals surface area contributed by atoms with Crippen molar-refractivity contribution in [3.8, 4) is 0 Å². The van der Waals surface area contributed by atoms with Gasteiger partial charge >= 0.3 is 0 Å². The van der Waals surface area contributed by atoms with Crippen LogP contribution in [0.2, 0.25) is 0 Å². The molecule has 2 fully saturated rings. The molecule has 2 aromatic rings. The van der Waals surface area contributed by atoms with E-state index in [0.717, 1.165) is 28.9 Å². The van der Waals surface area contributed by atoms with E-state index in [0.29, 0.717) is 11.2 Å². The molecule has 0 aliphatic heterocycles. The molecular formula is C20H25NO2. The number of para-hydroxylation sites is 1. The summed E-state index contributed by atoms with van der Waals surface area (Å²) in [6, 6.07) is 8.09. The zero-order valence-electron chi connectivity index (χ0n) is 14.4. The molecule has 23 heavy (non-hydrogen) atoms. The Morgan fingerprint density at radius 3 is 2.61 bits per heavy atom. The van der Waals surface area contributed by atoms with E-state index in [2.05, 4.69) is 26.1 Å². The van der Waals surface area contributed by atoms with E-state index in [1.54, 1.807) is 0 Å². The van der Waals surface area contributed by atoms with Gasteiger partial charge in [0, 0.05) is 17.0 Å². The number of nitrogens with one attached hydrogen (secondary N) is 1. The number of rotatable bonds is 2. The minimum atomic E-state index is -0.0618. The number of amides is 1. The number of fused-ring (bicyclic) bond motifs is 3. The molecule has 1 aromatic carbocycles. The number of hydrogen-bond acceptors (Lipinski definition) is 2. The van der Waals surface area contributed by atoms with Crippen LogP contribution in [0.15, 0.2) is 28.7 Å². The maximum atomic E-state index is 12.8. The van der Waals surface area contributed by atoms with Crippen LogP contribution >= 0.6 is 0 Å². The first-order valence-corrected chi connectivity index (χ1v) is 8.63. The molecule has 0 unspecified atom stereocenters.